The lowest BCUT2D eigenvalue weighted by Crippen LogP contribution is -2.38. The summed E-state index contributed by atoms with van der Waals surface area (Å²) in [6.07, 6.45) is 7.71. The van der Waals surface area contributed by atoms with E-state index in [9.17, 15) is 0 Å². The Morgan fingerprint density at radius 1 is 1.36 bits per heavy atom. The smallest absolute Gasteiger partial charge is 0.191 e. The number of hydrogen-bond donors (Lipinski definition) is 2. The Hall–Kier alpha value is -1.77. The molecule has 0 spiro atoms. The lowest BCUT2D eigenvalue weighted by atomic mass is 10.1. The second-order valence-corrected chi connectivity index (χ2v) is 5.85. The van der Waals surface area contributed by atoms with E-state index >= 15 is 0 Å². The number of para-hydroxylation sites is 1. The Kier molecular flexibility index (Phi) is 8.03. The highest BCUT2D eigenvalue weighted by molar-refractivity contribution is 14.0. The molecule has 0 aliphatic carbocycles. The summed E-state index contributed by atoms with van der Waals surface area (Å²) in [7, 11) is 0. The minimum Gasteiger partial charge on any atom is -0.488 e. The Bertz CT molecular complexity index is 634. The number of guanidine groups is 1. The first kappa shape index (κ1) is 19.6. The molecule has 1 aliphatic heterocycles. The number of halogens is 1. The molecule has 2 N–H and O–H groups in total. The zero-order chi connectivity index (χ0) is 16.6. The van der Waals surface area contributed by atoms with E-state index in [0.29, 0.717) is 6.54 Å². The number of nitrogens with zero attached hydrogens (tertiary/aromatic N) is 3. The number of aromatic nitrogens is 2. The molecule has 1 aliphatic rings. The maximum atomic E-state index is 5.94. The van der Waals surface area contributed by atoms with Crippen LogP contribution < -0.4 is 15.4 Å². The van der Waals surface area contributed by atoms with E-state index in [4.69, 9.17) is 4.74 Å². The van der Waals surface area contributed by atoms with Crippen LogP contribution in [0.5, 0.6) is 5.75 Å². The van der Waals surface area contributed by atoms with Crippen LogP contribution in [0.4, 0.5) is 0 Å². The van der Waals surface area contributed by atoms with Crippen LogP contribution >= 0.6 is 24.0 Å². The first-order chi connectivity index (χ1) is 11.8. The summed E-state index contributed by atoms with van der Waals surface area (Å²) in [5, 5.41) is 6.66. The maximum absolute atomic E-state index is 5.94. The lowest BCUT2D eigenvalue weighted by molar-refractivity contribution is 0.241. The van der Waals surface area contributed by atoms with E-state index < -0.39 is 0 Å². The fraction of sp³-hybridized carbons (Fsp3) is 0.444. The third-order valence-corrected chi connectivity index (χ3v) is 3.96. The van der Waals surface area contributed by atoms with Crippen molar-refractivity contribution in [1.82, 2.24) is 20.2 Å². The van der Waals surface area contributed by atoms with Crippen LogP contribution in [0.3, 0.4) is 0 Å². The van der Waals surface area contributed by atoms with Crippen LogP contribution in [0.15, 0.2) is 48.0 Å². The van der Waals surface area contributed by atoms with Gasteiger partial charge in [-0.3, -0.25) is 0 Å². The number of hydrogen-bond acceptors (Lipinski definition) is 3. The molecule has 0 saturated heterocycles. The summed E-state index contributed by atoms with van der Waals surface area (Å²) in [6, 6.07) is 8.22. The Morgan fingerprint density at radius 2 is 2.24 bits per heavy atom. The highest BCUT2D eigenvalue weighted by Gasteiger charge is 2.21. The topological polar surface area (TPSA) is 63.5 Å². The molecule has 0 bridgehead atoms. The average molecular weight is 455 g/mol. The monoisotopic (exact) mass is 455 g/mol. The molecule has 25 heavy (non-hydrogen) atoms. The lowest BCUT2D eigenvalue weighted by Gasteiger charge is -2.13. The Morgan fingerprint density at radius 3 is 3.00 bits per heavy atom. The van der Waals surface area contributed by atoms with Crippen LogP contribution in [-0.2, 0) is 13.0 Å². The standard InChI is InChI=1S/C18H25N5O.HI/c1-2-20-18(21-8-5-10-23-11-9-19-14-23)22-13-16-12-15-6-3-4-7-17(15)24-16;/h3-4,6-7,9,11,14,16H,2,5,8,10,12-13H2,1H3,(H2,20,21,22);1H. The van der Waals surface area contributed by atoms with Gasteiger partial charge in [0.2, 0.25) is 0 Å². The van der Waals surface area contributed by atoms with Gasteiger partial charge in [0.25, 0.3) is 0 Å². The second-order valence-electron chi connectivity index (χ2n) is 5.85. The number of fused-ring (bicyclic) bond motifs is 1. The van der Waals surface area contributed by atoms with Crippen LogP contribution in [-0.4, -0.2) is 41.2 Å². The van der Waals surface area contributed by atoms with Crippen molar-refractivity contribution in [3.05, 3.63) is 48.5 Å². The molecule has 7 heteroatoms. The van der Waals surface area contributed by atoms with E-state index in [2.05, 4.69) is 44.2 Å². The molecule has 1 aromatic heterocycles. The summed E-state index contributed by atoms with van der Waals surface area (Å²) in [5.41, 5.74) is 1.27. The molecule has 0 amide bonds. The molecule has 2 aromatic rings. The molecule has 2 heterocycles. The first-order valence-corrected chi connectivity index (χ1v) is 8.57. The van der Waals surface area contributed by atoms with E-state index in [1.54, 1.807) is 6.20 Å². The molecule has 1 aromatic carbocycles. The summed E-state index contributed by atoms with van der Waals surface area (Å²) < 4.78 is 8.02. The van der Waals surface area contributed by atoms with Crippen molar-refractivity contribution in [2.45, 2.75) is 32.4 Å². The second kappa shape index (κ2) is 10.3. The van der Waals surface area contributed by atoms with Crippen molar-refractivity contribution in [3.63, 3.8) is 0 Å². The molecule has 136 valence electrons. The largest absolute Gasteiger partial charge is 0.488 e. The van der Waals surface area contributed by atoms with Crippen molar-refractivity contribution in [1.29, 1.82) is 0 Å². The van der Waals surface area contributed by atoms with Gasteiger partial charge in [-0.2, -0.15) is 0 Å². The van der Waals surface area contributed by atoms with Crippen molar-refractivity contribution in [2.24, 2.45) is 4.99 Å². The molecular weight excluding hydrogens is 429 g/mol. The highest BCUT2D eigenvalue weighted by Crippen LogP contribution is 2.28. The number of aryl methyl sites for hydroxylation is 1. The maximum Gasteiger partial charge on any atom is 0.191 e. The van der Waals surface area contributed by atoms with Gasteiger partial charge in [-0.1, -0.05) is 18.2 Å². The van der Waals surface area contributed by atoms with Gasteiger partial charge in [-0.15, -0.1) is 24.0 Å². The highest BCUT2D eigenvalue weighted by atomic mass is 127. The predicted molar refractivity (Wildman–Crippen MR) is 111 cm³/mol. The normalized spacial score (nSPS) is 15.9. The van der Waals surface area contributed by atoms with Gasteiger partial charge >= 0.3 is 0 Å². The molecule has 1 unspecified atom stereocenters. The number of rotatable bonds is 7. The zero-order valence-corrected chi connectivity index (χ0v) is 16.8. The van der Waals surface area contributed by atoms with Gasteiger partial charge in [0.15, 0.2) is 5.96 Å². The number of ether oxygens (including phenoxy) is 1. The predicted octanol–water partition coefficient (Wildman–Crippen LogP) is 2.45. The van der Waals surface area contributed by atoms with E-state index in [-0.39, 0.29) is 30.1 Å². The van der Waals surface area contributed by atoms with Crippen LogP contribution in [0.25, 0.3) is 0 Å². The number of nitrogens with one attached hydrogen (secondary N) is 2. The van der Waals surface area contributed by atoms with Gasteiger partial charge < -0.3 is 19.9 Å². The van der Waals surface area contributed by atoms with Gasteiger partial charge in [0.05, 0.1) is 12.9 Å². The quantitative estimate of drug-likeness (QED) is 0.292. The fourth-order valence-corrected chi connectivity index (χ4v) is 2.78. The first-order valence-electron chi connectivity index (χ1n) is 8.57. The number of aliphatic imine (C=N–C) groups is 1. The molecule has 1 atom stereocenters. The molecular formula is C18H26IN5O. The summed E-state index contributed by atoms with van der Waals surface area (Å²) in [4.78, 5) is 8.71. The van der Waals surface area contributed by atoms with Crippen molar-refractivity contribution in [2.75, 3.05) is 19.6 Å². The van der Waals surface area contributed by atoms with Gasteiger partial charge in [0.1, 0.15) is 11.9 Å². The fourth-order valence-electron chi connectivity index (χ4n) is 2.78. The van der Waals surface area contributed by atoms with Gasteiger partial charge in [-0.25, -0.2) is 9.98 Å². The third-order valence-electron chi connectivity index (χ3n) is 3.96. The minimum absolute atomic E-state index is 0. The van der Waals surface area contributed by atoms with Crippen LogP contribution in [0, 0.1) is 0 Å². The summed E-state index contributed by atoms with van der Waals surface area (Å²) in [5.74, 6) is 1.85. The van der Waals surface area contributed by atoms with Crippen molar-refractivity contribution >= 4 is 29.9 Å². The van der Waals surface area contributed by atoms with Crippen LogP contribution in [0.2, 0.25) is 0 Å². The average Bonchev–Trinajstić information content (AvgIpc) is 3.25. The third kappa shape index (κ3) is 5.91. The summed E-state index contributed by atoms with van der Waals surface area (Å²) in [6.45, 7) is 5.40. The number of imidazole rings is 1. The van der Waals surface area contributed by atoms with E-state index in [1.807, 2.05) is 24.7 Å². The molecule has 0 saturated carbocycles. The Labute approximate surface area is 166 Å². The van der Waals surface area contributed by atoms with Crippen molar-refractivity contribution < 1.29 is 4.74 Å². The van der Waals surface area contributed by atoms with E-state index in [0.717, 1.165) is 44.2 Å². The van der Waals surface area contributed by atoms with Gasteiger partial charge in [-0.05, 0) is 25.0 Å². The number of benzene rings is 1. The minimum atomic E-state index is 0. The summed E-state index contributed by atoms with van der Waals surface area (Å²) >= 11 is 0. The molecule has 6 nitrogen and oxygen atoms in total. The molecule has 0 radical (unpaired) electrons. The SMILES string of the molecule is CCNC(=NCC1Cc2ccccc2O1)NCCCn1ccnc1.I. The van der Waals surface area contributed by atoms with E-state index in [1.165, 1.54) is 5.56 Å². The zero-order valence-electron chi connectivity index (χ0n) is 14.5. The molecule has 0 fully saturated rings. The van der Waals surface area contributed by atoms with Gasteiger partial charge in [0, 0.05) is 38.4 Å². The molecule has 3 rings (SSSR count). The van der Waals surface area contributed by atoms with Crippen molar-refractivity contribution in [3.8, 4) is 5.75 Å². The Balaban J connectivity index is 0.00000225. The van der Waals surface area contributed by atoms with Crippen LogP contribution in [0.1, 0.15) is 18.9 Å².